The summed E-state index contributed by atoms with van der Waals surface area (Å²) in [6, 6.07) is -0.391. The second-order valence-corrected chi connectivity index (χ2v) is 5.70. The number of hydrogen-bond acceptors (Lipinski definition) is 3. The summed E-state index contributed by atoms with van der Waals surface area (Å²) >= 11 is 5.99. The lowest BCUT2D eigenvalue weighted by atomic mass is 10.2. The first-order valence-electron chi connectivity index (χ1n) is 6.75. The number of carbonyl (C=O) groups is 1. The van der Waals surface area contributed by atoms with Crippen molar-refractivity contribution in [3.8, 4) is 0 Å². The van der Waals surface area contributed by atoms with Crippen LogP contribution in [0.15, 0.2) is 12.4 Å². The van der Waals surface area contributed by atoms with Crippen LogP contribution in [-0.4, -0.2) is 37.4 Å². The van der Waals surface area contributed by atoms with E-state index in [1.165, 1.54) is 0 Å². The lowest BCUT2D eigenvalue weighted by Crippen LogP contribution is -2.33. The molecule has 0 fully saturated rings. The van der Waals surface area contributed by atoms with Crippen molar-refractivity contribution in [3.63, 3.8) is 0 Å². The minimum Gasteiger partial charge on any atom is -0.339 e. The fourth-order valence-corrected chi connectivity index (χ4v) is 2.26. The van der Waals surface area contributed by atoms with Crippen molar-refractivity contribution >= 4 is 17.5 Å². The number of likely N-dealkylation sites (N-methyl/N-ethyl adjacent to an activating group) is 1. The Labute approximate surface area is 129 Å². The molecule has 0 spiro atoms. The van der Waals surface area contributed by atoms with Crippen molar-refractivity contribution in [1.29, 1.82) is 0 Å². The first-order valence-corrected chi connectivity index (χ1v) is 7.12. The van der Waals surface area contributed by atoms with Gasteiger partial charge in [0.1, 0.15) is 6.04 Å². The second-order valence-electron chi connectivity index (χ2n) is 5.29. The van der Waals surface area contributed by atoms with Crippen molar-refractivity contribution in [2.24, 2.45) is 7.05 Å². The number of nitrogens with zero attached hydrogens (tertiary/aromatic N) is 5. The van der Waals surface area contributed by atoms with Gasteiger partial charge >= 0.3 is 0 Å². The van der Waals surface area contributed by atoms with Gasteiger partial charge in [0.05, 0.1) is 16.9 Å². The molecule has 2 heterocycles. The zero-order chi connectivity index (χ0) is 15.7. The van der Waals surface area contributed by atoms with Crippen LogP contribution in [0.5, 0.6) is 0 Å². The quantitative estimate of drug-likeness (QED) is 0.869. The molecule has 21 heavy (non-hydrogen) atoms. The highest BCUT2D eigenvalue weighted by Gasteiger charge is 2.21. The summed E-state index contributed by atoms with van der Waals surface area (Å²) in [4.78, 5) is 14.2. The Bertz CT molecular complexity index is 641. The Morgan fingerprint density at radius 1 is 1.48 bits per heavy atom. The van der Waals surface area contributed by atoms with Gasteiger partial charge in [0.25, 0.3) is 0 Å². The van der Waals surface area contributed by atoms with Crippen LogP contribution in [0, 0.1) is 13.8 Å². The van der Waals surface area contributed by atoms with Gasteiger partial charge in [-0.1, -0.05) is 11.6 Å². The summed E-state index contributed by atoms with van der Waals surface area (Å²) in [5.41, 5.74) is 2.82. The predicted molar refractivity (Wildman–Crippen MR) is 81.1 cm³/mol. The average Bonchev–Trinajstić information content (AvgIpc) is 2.94. The van der Waals surface area contributed by atoms with Crippen LogP contribution in [0.25, 0.3) is 0 Å². The second kappa shape index (κ2) is 5.89. The highest BCUT2D eigenvalue weighted by Crippen LogP contribution is 2.18. The van der Waals surface area contributed by atoms with Gasteiger partial charge in [-0.15, -0.1) is 0 Å². The molecule has 0 aliphatic heterocycles. The third kappa shape index (κ3) is 3.10. The van der Waals surface area contributed by atoms with Crippen LogP contribution in [-0.2, 0) is 18.4 Å². The number of halogens is 1. The van der Waals surface area contributed by atoms with Crippen molar-refractivity contribution in [2.75, 3.05) is 7.05 Å². The van der Waals surface area contributed by atoms with Crippen molar-refractivity contribution in [1.82, 2.24) is 24.5 Å². The van der Waals surface area contributed by atoms with E-state index < -0.39 is 6.04 Å². The number of aromatic nitrogens is 4. The van der Waals surface area contributed by atoms with E-state index >= 15 is 0 Å². The number of rotatable bonds is 4. The van der Waals surface area contributed by atoms with Crippen molar-refractivity contribution < 1.29 is 4.79 Å². The number of hydrogen-bond donors (Lipinski definition) is 0. The van der Waals surface area contributed by atoms with Gasteiger partial charge in [-0.2, -0.15) is 10.2 Å². The minimum atomic E-state index is -0.391. The lowest BCUT2D eigenvalue weighted by Gasteiger charge is -2.21. The van der Waals surface area contributed by atoms with E-state index in [2.05, 4.69) is 10.2 Å². The lowest BCUT2D eigenvalue weighted by molar-refractivity contribution is -0.133. The number of amides is 1. The monoisotopic (exact) mass is 309 g/mol. The van der Waals surface area contributed by atoms with Crippen molar-refractivity contribution in [3.05, 3.63) is 34.4 Å². The molecule has 2 aromatic heterocycles. The molecule has 6 nitrogen and oxygen atoms in total. The topological polar surface area (TPSA) is 56.0 Å². The van der Waals surface area contributed by atoms with E-state index in [-0.39, 0.29) is 5.91 Å². The van der Waals surface area contributed by atoms with E-state index in [0.29, 0.717) is 11.6 Å². The van der Waals surface area contributed by atoms with Gasteiger partial charge < -0.3 is 4.90 Å². The van der Waals surface area contributed by atoms with Gasteiger partial charge in [0.15, 0.2) is 0 Å². The maximum atomic E-state index is 12.5. The Hall–Kier alpha value is -1.82. The maximum Gasteiger partial charge on any atom is 0.247 e. The van der Waals surface area contributed by atoms with Gasteiger partial charge in [0.2, 0.25) is 5.91 Å². The molecule has 2 aromatic rings. The molecular formula is C14H20ClN5O. The molecule has 0 saturated heterocycles. The maximum absolute atomic E-state index is 12.5. The molecule has 0 aliphatic carbocycles. The van der Waals surface area contributed by atoms with E-state index in [1.807, 2.05) is 27.8 Å². The van der Waals surface area contributed by atoms with Gasteiger partial charge in [0, 0.05) is 38.1 Å². The normalized spacial score (nSPS) is 12.5. The SMILES string of the molecule is Cc1nn(C(C)C(=O)N(C)Cc2cnn(C)c2C)cc1Cl. The average molecular weight is 310 g/mol. The molecule has 0 aliphatic rings. The third-order valence-corrected chi connectivity index (χ3v) is 4.10. The highest BCUT2D eigenvalue weighted by molar-refractivity contribution is 6.31. The molecule has 0 bridgehead atoms. The highest BCUT2D eigenvalue weighted by atomic mass is 35.5. The minimum absolute atomic E-state index is 0.0163. The molecule has 0 aromatic carbocycles. The van der Waals surface area contributed by atoms with E-state index in [1.54, 1.807) is 33.7 Å². The molecule has 7 heteroatoms. The zero-order valence-electron chi connectivity index (χ0n) is 13.0. The Kier molecular flexibility index (Phi) is 4.37. The van der Waals surface area contributed by atoms with Gasteiger partial charge in [-0.3, -0.25) is 14.2 Å². The van der Waals surface area contributed by atoms with Crippen LogP contribution >= 0.6 is 11.6 Å². The first kappa shape index (κ1) is 15.6. The van der Waals surface area contributed by atoms with Crippen LogP contribution in [0.2, 0.25) is 5.02 Å². The largest absolute Gasteiger partial charge is 0.339 e. The first-order chi connectivity index (χ1) is 9.81. The Morgan fingerprint density at radius 3 is 2.62 bits per heavy atom. The summed E-state index contributed by atoms with van der Waals surface area (Å²) in [6.45, 7) is 6.15. The molecule has 1 amide bonds. The van der Waals surface area contributed by atoms with Crippen LogP contribution in [0.1, 0.15) is 29.9 Å². The predicted octanol–water partition coefficient (Wildman–Crippen LogP) is 2.11. The molecule has 0 saturated carbocycles. The summed E-state index contributed by atoms with van der Waals surface area (Å²) in [5, 5.41) is 9.02. The van der Waals surface area contributed by atoms with Crippen LogP contribution in [0.3, 0.4) is 0 Å². The third-order valence-electron chi connectivity index (χ3n) is 3.73. The standard InChI is InChI=1S/C14H20ClN5O/c1-9-13(15)8-20(17-9)11(3)14(21)18(4)7-12-6-16-19(5)10(12)2/h6,8,11H,7H2,1-5H3. The van der Waals surface area contributed by atoms with Crippen LogP contribution in [0.4, 0.5) is 0 Å². The van der Waals surface area contributed by atoms with E-state index in [4.69, 9.17) is 11.6 Å². The number of aryl methyl sites for hydroxylation is 2. The van der Waals surface area contributed by atoms with Gasteiger partial charge in [-0.25, -0.2) is 0 Å². The molecule has 0 N–H and O–H groups in total. The van der Waals surface area contributed by atoms with E-state index in [9.17, 15) is 4.79 Å². The molecule has 1 unspecified atom stereocenters. The summed E-state index contributed by atoms with van der Waals surface area (Å²) < 4.78 is 3.40. The molecule has 114 valence electrons. The molecule has 2 rings (SSSR count). The summed E-state index contributed by atoms with van der Waals surface area (Å²) in [5.74, 6) is -0.0163. The van der Waals surface area contributed by atoms with Crippen LogP contribution < -0.4 is 0 Å². The fraction of sp³-hybridized carbons (Fsp3) is 0.500. The zero-order valence-corrected chi connectivity index (χ0v) is 13.7. The fourth-order valence-electron chi connectivity index (χ4n) is 2.12. The smallest absolute Gasteiger partial charge is 0.247 e. The molecule has 0 radical (unpaired) electrons. The summed E-state index contributed by atoms with van der Waals surface area (Å²) in [7, 11) is 3.67. The van der Waals surface area contributed by atoms with E-state index in [0.717, 1.165) is 17.0 Å². The Balaban J connectivity index is 2.10. The molecular weight excluding hydrogens is 290 g/mol. The number of carbonyl (C=O) groups excluding carboxylic acids is 1. The van der Waals surface area contributed by atoms with Gasteiger partial charge in [-0.05, 0) is 20.8 Å². The summed E-state index contributed by atoms with van der Waals surface area (Å²) in [6.07, 6.45) is 3.47. The molecule has 1 atom stereocenters. The van der Waals surface area contributed by atoms with Crippen molar-refractivity contribution in [2.45, 2.75) is 33.4 Å². The Morgan fingerprint density at radius 2 is 2.14 bits per heavy atom.